The highest BCUT2D eigenvalue weighted by molar-refractivity contribution is 7.89. The zero-order valence-electron chi connectivity index (χ0n) is 15.3. The molecule has 1 heterocycles. The normalized spacial score (nSPS) is 17.3. The van der Waals surface area contributed by atoms with Crippen LogP contribution in [0.2, 0.25) is 0 Å². The standard InChI is InChI=1S/C17H29N3O5S/c1-2-26(23,24)18-12-15-19-17(25-20-15)14(11-16(21)22)10-6-9-13-7-4-3-5-8-13/h13-14,18H,2-12H2,1H3,(H,21,22)/t14-/m1/s1. The van der Waals surface area contributed by atoms with Crippen LogP contribution in [0.5, 0.6) is 0 Å². The van der Waals surface area contributed by atoms with Crippen LogP contribution in [-0.2, 0) is 21.4 Å². The number of sulfonamides is 1. The quantitative estimate of drug-likeness (QED) is 0.598. The third-order valence-electron chi connectivity index (χ3n) is 4.97. The van der Waals surface area contributed by atoms with Gasteiger partial charge in [0.25, 0.3) is 0 Å². The molecule has 1 saturated carbocycles. The minimum absolute atomic E-state index is 0.0273. The van der Waals surface area contributed by atoms with Crippen LogP contribution in [0.15, 0.2) is 4.52 Å². The lowest BCUT2D eigenvalue weighted by Crippen LogP contribution is -2.25. The first kappa shape index (κ1) is 20.8. The van der Waals surface area contributed by atoms with Crippen molar-refractivity contribution in [3.8, 4) is 0 Å². The van der Waals surface area contributed by atoms with Gasteiger partial charge >= 0.3 is 5.97 Å². The molecule has 0 bridgehead atoms. The molecular weight excluding hydrogens is 358 g/mol. The average molecular weight is 388 g/mol. The number of carbonyl (C=O) groups is 1. The Balaban J connectivity index is 1.90. The second-order valence-electron chi connectivity index (χ2n) is 7.00. The van der Waals surface area contributed by atoms with E-state index in [2.05, 4.69) is 14.9 Å². The fourth-order valence-corrected chi connectivity index (χ4v) is 3.99. The van der Waals surface area contributed by atoms with E-state index in [-0.39, 0.29) is 36.4 Å². The number of carboxylic acid groups (broad SMARTS) is 1. The van der Waals surface area contributed by atoms with Crippen molar-refractivity contribution >= 4 is 16.0 Å². The average Bonchev–Trinajstić information content (AvgIpc) is 3.09. The van der Waals surface area contributed by atoms with Gasteiger partial charge in [-0.1, -0.05) is 50.1 Å². The van der Waals surface area contributed by atoms with Crippen molar-refractivity contribution < 1.29 is 22.8 Å². The Kier molecular flexibility index (Phi) is 8.02. The van der Waals surface area contributed by atoms with Crippen LogP contribution >= 0.6 is 0 Å². The second-order valence-corrected chi connectivity index (χ2v) is 9.10. The van der Waals surface area contributed by atoms with E-state index < -0.39 is 16.0 Å². The maximum absolute atomic E-state index is 11.5. The highest BCUT2D eigenvalue weighted by atomic mass is 32.2. The Morgan fingerprint density at radius 1 is 1.35 bits per heavy atom. The molecule has 9 heteroatoms. The molecular formula is C17H29N3O5S. The van der Waals surface area contributed by atoms with E-state index in [9.17, 15) is 13.2 Å². The van der Waals surface area contributed by atoms with Crippen molar-refractivity contribution in [3.63, 3.8) is 0 Å². The number of rotatable bonds is 11. The SMILES string of the molecule is CCS(=O)(=O)NCc1noc([C@H](CCCC2CCCCC2)CC(=O)O)n1. The zero-order chi connectivity index (χ0) is 19.0. The van der Waals surface area contributed by atoms with E-state index in [0.717, 1.165) is 18.8 Å². The third-order valence-corrected chi connectivity index (χ3v) is 6.32. The molecule has 1 aliphatic rings. The lowest BCUT2D eigenvalue weighted by atomic mass is 9.84. The van der Waals surface area contributed by atoms with E-state index in [0.29, 0.717) is 6.42 Å². The topological polar surface area (TPSA) is 122 Å². The van der Waals surface area contributed by atoms with Gasteiger partial charge in [-0.05, 0) is 19.3 Å². The minimum Gasteiger partial charge on any atom is -0.481 e. The number of hydrogen-bond acceptors (Lipinski definition) is 6. The summed E-state index contributed by atoms with van der Waals surface area (Å²) in [5, 5.41) is 12.9. The van der Waals surface area contributed by atoms with Gasteiger partial charge in [0.2, 0.25) is 15.9 Å². The summed E-state index contributed by atoms with van der Waals surface area (Å²) < 4.78 is 30.5. The Labute approximate surface area is 154 Å². The molecule has 0 aromatic carbocycles. The first-order valence-electron chi connectivity index (χ1n) is 9.41. The second kappa shape index (κ2) is 10.0. The Bertz CT molecular complexity index is 668. The van der Waals surface area contributed by atoms with Crippen molar-refractivity contribution in [3.05, 3.63) is 11.7 Å². The highest BCUT2D eigenvalue weighted by Gasteiger charge is 2.23. The van der Waals surface area contributed by atoms with Crippen LogP contribution in [-0.4, -0.2) is 35.4 Å². The molecule has 1 atom stereocenters. The molecule has 2 N–H and O–H groups in total. The predicted molar refractivity (Wildman–Crippen MR) is 96.0 cm³/mol. The van der Waals surface area contributed by atoms with Crippen molar-refractivity contribution in [2.24, 2.45) is 5.92 Å². The summed E-state index contributed by atoms with van der Waals surface area (Å²) in [4.78, 5) is 15.4. The smallest absolute Gasteiger partial charge is 0.304 e. The molecule has 148 valence electrons. The molecule has 8 nitrogen and oxygen atoms in total. The lowest BCUT2D eigenvalue weighted by molar-refractivity contribution is -0.137. The van der Waals surface area contributed by atoms with Crippen molar-refractivity contribution in [2.45, 2.75) is 77.2 Å². The molecule has 0 aliphatic heterocycles. The zero-order valence-corrected chi connectivity index (χ0v) is 16.1. The van der Waals surface area contributed by atoms with Gasteiger partial charge in [0, 0.05) is 5.92 Å². The monoisotopic (exact) mass is 387 g/mol. The fourth-order valence-electron chi connectivity index (χ4n) is 3.43. The molecule has 1 fully saturated rings. The summed E-state index contributed by atoms with van der Waals surface area (Å²) in [6, 6.07) is 0. The molecule has 0 unspecified atom stereocenters. The molecule has 1 aromatic rings. The van der Waals surface area contributed by atoms with Crippen LogP contribution < -0.4 is 4.72 Å². The first-order valence-corrected chi connectivity index (χ1v) is 11.1. The summed E-state index contributed by atoms with van der Waals surface area (Å²) >= 11 is 0. The number of hydrogen-bond donors (Lipinski definition) is 2. The van der Waals surface area contributed by atoms with Gasteiger partial charge in [-0.3, -0.25) is 4.79 Å². The summed E-state index contributed by atoms with van der Waals surface area (Å²) in [5.41, 5.74) is 0. The van der Waals surface area contributed by atoms with Crippen molar-refractivity contribution in [1.82, 2.24) is 14.9 Å². The molecule has 0 saturated heterocycles. The van der Waals surface area contributed by atoms with Crippen LogP contribution in [0.1, 0.15) is 82.3 Å². The van der Waals surface area contributed by atoms with Gasteiger partial charge in [-0.2, -0.15) is 4.98 Å². The minimum atomic E-state index is -3.34. The van der Waals surface area contributed by atoms with Crippen LogP contribution in [0.4, 0.5) is 0 Å². The van der Waals surface area contributed by atoms with Gasteiger partial charge in [0.05, 0.1) is 18.7 Å². The number of carboxylic acids is 1. The van der Waals surface area contributed by atoms with E-state index in [1.54, 1.807) is 6.92 Å². The van der Waals surface area contributed by atoms with E-state index >= 15 is 0 Å². The van der Waals surface area contributed by atoms with E-state index in [4.69, 9.17) is 9.63 Å². The summed E-state index contributed by atoms with van der Waals surface area (Å²) in [7, 11) is -3.34. The van der Waals surface area contributed by atoms with Gasteiger partial charge in [0.15, 0.2) is 5.82 Å². The predicted octanol–water partition coefficient (Wildman–Crippen LogP) is 2.82. The maximum atomic E-state index is 11.5. The van der Waals surface area contributed by atoms with Gasteiger partial charge in [-0.25, -0.2) is 13.1 Å². The summed E-state index contributed by atoms with van der Waals surface area (Å²) in [6.07, 6.45) is 9.12. The Morgan fingerprint density at radius 2 is 2.08 bits per heavy atom. The molecule has 0 radical (unpaired) electrons. The Morgan fingerprint density at radius 3 is 2.73 bits per heavy atom. The van der Waals surface area contributed by atoms with Crippen LogP contribution in [0, 0.1) is 5.92 Å². The Hall–Kier alpha value is -1.48. The number of nitrogens with one attached hydrogen (secondary N) is 1. The largest absolute Gasteiger partial charge is 0.481 e. The molecule has 1 aromatic heterocycles. The third kappa shape index (κ3) is 7.03. The molecule has 2 rings (SSSR count). The number of nitrogens with zero attached hydrogens (tertiary/aromatic N) is 2. The number of aromatic nitrogens is 2. The lowest BCUT2D eigenvalue weighted by Gasteiger charge is -2.21. The maximum Gasteiger partial charge on any atom is 0.304 e. The van der Waals surface area contributed by atoms with Gasteiger partial charge < -0.3 is 9.63 Å². The van der Waals surface area contributed by atoms with E-state index in [1.165, 1.54) is 32.1 Å². The molecule has 1 aliphatic carbocycles. The summed E-state index contributed by atoms with van der Waals surface area (Å²) in [6.45, 7) is 1.49. The molecule has 26 heavy (non-hydrogen) atoms. The summed E-state index contributed by atoms with van der Waals surface area (Å²) in [5.74, 6) is -0.0165. The van der Waals surface area contributed by atoms with Crippen molar-refractivity contribution in [2.75, 3.05) is 5.75 Å². The molecule has 0 spiro atoms. The van der Waals surface area contributed by atoms with Gasteiger partial charge in [0.1, 0.15) is 0 Å². The highest BCUT2D eigenvalue weighted by Crippen LogP contribution is 2.31. The van der Waals surface area contributed by atoms with Crippen molar-refractivity contribution in [1.29, 1.82) is 0 Å². The van der Waals surface area contributed by atoms with Crippen LogP contribution in [0.25, 0.3) is 0 Å². The van der Waals surface area contributed by atoms with E-state index in [1.807, 2.05) is 0 Å². The molecule has 0 amide bonds. The number of aliphatic carboxylic acids is 1. The van der Waals surface area contributed by atoms with Gasteiger partial charge in [-0.15, -0.1) is 0 Å². The first-order chi connectivity index (χ1) is 12.4. The van der Waals surface area contributed by atoms with Crippen LogP contribution in [0.3, 0.4) is 0 Å². The fraction of sp³-hybridized carbons (Fsp3) is 0.824.